The highest BCUT2D eigenvalue weighted by atomic mass is 32.1. The Morgan fingerprint density at radius 2 is 2.06 bits per heavy atom. The van der Waals surface area contributed by atoms with Crippen LogP contribution in [0.25, 0.3) is 16.3 Å². The summed E-state index contributed by atoms with van der Waals surface area (Å²) in [7, 11) is 1.69. The highest BCUT2D eigenvalue weighted by molar-refractivity contribution is 7.16. The van der Waals surface area contributed by atoms with E-state index in [0.717, 1.165) is 17.8 Å². The molecule has 2 fully saturated rings. The fraction of sp³-hybridized carbons (Fsp3) is 0.476. The Balaban J connectivity index is 1.32. The molecule has 0 aliphatic carbocycles. The van der Waals surface area contributed by atoms with Crippen molar-refractivity contribution in [2.75, 3.05) is 7.11 Å². The molecule has 10 heteroatoms. The summed E-state index contributed by atoms with van der Waals surface area (Å²) in [6.07, 6.45) is 2.25. The van der Waals surface area contributed by atoms with Crippen molar-refractivity contribution in [1.82, 2.24) is 25.3 Å². The SMILES string of the molecule is COC1CCC2NC1CC(Oc1nnc(-c3ccc(-n4ccc(C)n4)cc3O)s1)C2F. The van der Waals surface area contributed by atoms with Crippen LogP contribution in [0.1, 0.15) is 25.0 Å². The molecule has 0 amide bonds. The van der Waals surface area contributed by atoms with E-state index in [4.69, 9.17) is 9.47 Å². The van der Waals surface area contributed by atoms with Gasteiger partial charge in [-0.25, -0.2) is 9.07 Å². The van der Waals surface area contributed by atoms with Gasteiger partial charge >= 0.3 is 0 Å². The van der Waals surface area contributed by atoms with Gasteiger partial charge in [-0.1, -0.05) is 16.4 Å². The van der Waals surface area contributed by atoms with Gasteiger partial charge in [0, 0.05) is 37.9 Å². The van der Waals surface area contributed by atoms with Gasteiger partial charge in [0.25, 0.3) is 5.19 Å². The molecule has 5 atom stereocenters. The molecular weight excluding hydrogens is 421 g/mol. The number of hydrogen-bond donors (Lipinski definition) is 2. The van der Waals surface area contributed by atoms with Crippen molar-refractivity contribution in [3.8, 4) is 27.2 Å². The molecule has 2 aliphatic heterocycles. The zero-order valence-electron chi connectivity index (χ0n) is 17.2. The molecule has 5 unspecified atom stereocenters. The average Bonchev–Trinajstić information content (AvgIpc) is 3.41. The highest BCUT2D eigenvalue weighted by Crippen LogP contribution is 2.37. The third-order valence-electron chi connectivity index (χ3n) is 6.03. The summed E-state index contributed by atoms with van der Waals surface area (Å²) in [5.41, 5.74) is 2.17. The van der Waals surface area contributed by atoms with Gasteiger partial charge in [0.05, 0.1) is 23.0 Å². The maximum Gasteiger partial charge on any atom is 0.294 e. The Bertz CT molecular complexity index is 1070. The number of benzene rings is 1. The number of phenols is 1. The molecule has 1 aromatic carbocycles. The summed E-state index contributed by atoms with van der Waals surface area (Å²) in [6.45, 7) is 1.90. The molecule has 0 saturated carbocycles. The number of phenolic OH excluding ortho intramolecular Hbond substituents is 1. The van der Waals surface area contributed by atoms with Crippen LogP contribution in [0.3, 0.4) is 0 Å². The number of piperidine rings is 2. The number of halogens is 1. The fourth-order valence-electron chi connectivity index (χ4n) is 4.41. The molecule has 2 bridgehead atoms. The van der Waals surface area contributed by atoms with Crippen molar-refractivity contribution >= 4 is 11.3 Å². The monoisotopic (exact) mass is 445 g/mol. The lowest BCUT2D eigenvalue weighted by Gasteiger charge is -2.45. The minimum Gasteiger partial charge on any atom is -0.507 e. The molecule has 4 heterocycles. The highest BCUT2D eigenvalue weighted by Gasteiger charge is 2.45. The Hall–Kier alpha value is -2.56. The minimum absolute atomic E-state index is 0.0638. The molecule has 31 heavy (non-hydrogen) atoms. The van der Waals surface area contributed by atoms with Crippen LogP contribution in [0.4, 0.5) is 4.39 Å². The van der Waals surface area contributed by atoms with Gasteiger partial charge < -0.3 is 19.9 Å². The van der Waals surface area contributed by atoms with Crippen LogP contribution in [0, 0.1) is 6.92 Å². The van der Waals surface area contributed by atoms with Gasteiger partial charge in [-0.15, -0.1) is 5.10 Å². The van der Waals surface area contributed by atoms with Gasteiger partial charge in [-0.2, -0.15) is 5.10 Å². The predicted molar refractivity (Wildman–Crippen MR) is 114 cm³/mol. The van der Waals surface area contributed by atoms with Crippen molar-refractivity contribution in [3.63, 3.8) is 0 Å². The van der Waals surface area contributed by atoms with E-state index >= 15 is 0 Å². The van der Waals surface area contributed by atoms with Crippen molar-refractivity contribution < 1.29 is 19.0 Å². The molecule has 164 valence electrons. The van der Waals surface area contributed by atoms with Crippen LogP contribution in [0.15, 0.2) is 30.5 Å². The van der Waals surface area contributed by atoms with E-state index in [0.29, 0.717) is 28.6 Å². The number of nitrogens with one attached hydrogen (secondary N) is 1. The fourth-order valence-corrected chi connectivity index (χ4v) is 5.20. The van der Waals surface area contributed by atoms with Crippen LogP contribution in [0.2, 0.25) is 0 Å². The Morgan fingerprint density at radius 3 is 2.81 bits per heavy atom. The zero-order chi connectivity index (χ0) is 21.5. The van der Waals surface area contributed by atoms with E-state index in [1.807, 2.05) is 25.3 Å². The predicted octanol–water partition coefficient (Wildman–Crippen LogP) is 3.03. The van der Waals surface area contributed by atoms with Crippen LogP contribution in [-0.2, 0) is 4.74 Å². The van der Waals surface area contributed by atoms with E-state index < -0.39 is 12.3 Å². The first-order valence-corrected chi connectivity index (χ1v) is 11.1. The Morgan fingerprint density at radius 1 is 1.19 bits per heavy atom. The number of rotatable bonds is 5. The van der Waals surface area contributed by atoms with Gasteiger partial charge in [-0.3, -0.25) is 0 Å². The normalized spacial score (nSPS) is 27.9. The van der Waals surface area contributed by atoms with Crippen LogP contribution in [0.5, 0.6) is 10.9 Å². The third-order valence-corrected chi connectivity index (χ3v) is 6.87. The molecule has 2 N–H and O–H groups in total. The second-order valence-electron chi connectivity index (χ2n) is 8.04. The maximum absolute atomic E-state index is 14.9. The first kappa shape index (κ1) is 20.3. The smallest absolute Gasteiger partial charge is 0.294 e. The first-order chi connectivity index (χ1) is 15.0. The minimum atomic E-state index is -1.12. The molecule has 8 nitrogen and oxygen atoms in total. The first-order valence-electron chi connectivity index (χ1n) is 10.3. The maximum atomic E-state index is 14.9. The zero-order valence-corrected chi connectivity index (χ0v) is 18.1. The summed E-state index contributed by atoms with van der Waals surface area (Å²) < 4.78 is 28.1. The van der Waals surface area contributed by atoms with Crippen molar-refractivity contribution in [2.24, 2.45) is 0 Å². The lowest BCUT2D eigenvalue weighted by Crippen LogP contribution is -2.63. The standard InChI is InChI=1S/C21H24FN5O3S/c1-11-7-8-27(26-11)12-3-4-13(16(28)9-12)20-24-25-21(31-20)30-18-10-15-17(29-2)6-5-14(23-15)19(18)22/h3-4,7-9,14-15,17-19,23,28H,5-6,10H2,1-2H3. The molecule has 2 aromatic heterocycles. The topological polar surface area (TPSA) is 94.3 Å². The largest absolute Gasteiger partial charge is 0.507 e. The Labute approximate surface area is 183 Å². The third kappa shape index (κ3) is 3.90. The van der Waals surface area contributed by atoms with E-state index in [1.54, 1.807) is 23.9 Å². The number of hydrogen-bond acceptors (Lipinski definition) is 8. The molecule has 2 aliphatic rings. The number of nitrogens with zero attached hydrogens (tertiary/aromatic N) is 4. The van der Waals surface area contributed by atoms with Crippen LogP contribution in [-0.4, -0.2) is 62.7 Å². The van der Waals surface area contributed by atoms with Crippen LogP contribution >= 0.6 is 11.3 Å². The van der Waals surface area contributed by atoms with Gasteiger partial charge in [0.1, 0.15) is 11.9 Å². The summed E-state index contributed by atoms with van der Waals surface area (Å²) in [4.78, 5) is 0. The summed E-state index contributed by atoms with van der Waals surface area (Å²) in [5, 5.41) is 27.2. The molecule has 3 aromatic rings. The van der Waals surface area contributed by atoms with Crippen molar-refractivity contribution in [2.45, 2.75) is 56.6 Å². The average molecular weight is 446 g/mol. The van der Waals surface area contributed by atoms with Crippen LogP contribution < -0.4 is 10.1 Å². The van der Waals surface area contributed by atoms with Gasteiger partial charge in [0.15, 0.2) is 11.2 Å². The van der Waals surface area contributed by atoms with E-state index in [1.165, 1.54) is 11.3 Å². The molecule has 0 radical (unpaired) electrons. The number of aromatic hydroxyl groups is 1. The number of methoxy groups -OCH3 is 1. The number of ether oxygens (including phenoxy) is 2. The number of fused-ring (bicyclic) bond motifs is 2. The quantitative estimate of drug-likeness (QED) is 0.623. The molecule has 5 rings (SSSR count). The Kier molecular flexibility index (Phi) is 5.37. The lowest BCUT2D eigenvalue weighted by atomic mass is 9.82. The second kappa shape index (κ2) is 8.18. The van der Waals surface area contributed by atoms with E-state index in [9.17, 15) is 9.50 Å². The summed E-state index contributed by atoms with van der Waals surface area (Å²) >= 11 is 1.19. The summed E-state index contributed by atoms with van der Waals surface area (Å²) in [6, 6.07) is 6.96. The molecule has 0 spiro atoms. The van der Waals surface area contributed by atoms with E-state index in [-0.39, 0.29) is 23.9 Å². The van der Waals surface area contributed by atoms with Gasteiger partial charge in [0.2, 0.25) is 0 Å². The van der Waals surface area contributed by atoms with Crippen molar-refractivity contribution in [1.29, 1.82) is 0 Å². The number of alkyl halides is 1. The number of aromatic nitrogens is 4. The lowest BCUT2D eigenvalue weighted by molar-refractivity contribution is -0.0494. The molecular formula is C21H24FN5O3S. The second-order valence-corrected chi connectivity index (χ2v) is 8.98. The number of aryl methyl sites for hydroxylation is 1. The summed E-state index contributed by atoms with van der Waals surface area (Å²) in [5.74, 6) is 0.0658. The van der Waals surface area contributed by atoms with Gasteiger partial charge in [-0.05, 0) is 38.0 Å². The van der Waals surface area contributed by atoms with E-state index in [2.05, 4.69) is 20.6 Å². The molecule has 2 saturated heterocycles. The van der Waals surface area contributed by atoms with Crippen molar-refractivity contribution in [3.05, 3.63) is 36.2 Å².